The van der Waals surface area contributed by atoms with Crippen molar-refractivity contribution in [3.63, 3.8) is 0 Å². The van der Waals surface area contributed by atoms with Crippen LogP contribution in [0.15, 0.2) is 474 Å². The first-order chi connectivity index (χ1) is 65.9. The number of hydrogen-bond donors (Lipinski definition) is 0. The summed E-state index contributed by atoms with van der Waals surface area (Å²) >= 11 is 0. The Kier molecular flexibility index (Phi) is 46.1. The molecule has 139 heavy (non-hydrogen) atoms. The molecular formula is C126H100Ir5N8-8. The predicted octanol–water partition coefficient (Wildman–Crippen LogP) is 31.4. The van der Waals surface area contributed by atoms with E-state index < -0.39 is 0 Å². The Morgan fingerprint density at radius 1 is 0.209 bits per heavy atom. The van der Waals surface area contributed by atoms with Crippen LogP contribution in [0.5, 0.6) is 0 Å². The van der Waals surface area contributed by atoms with E-state index in [1.807, 2.05) is 267 Å². The van der Waals surface area contributed by atoms with Gasteiger partial charge in [-0.25, -0.2) is 0 Å². The van der Waals surface area contributed by atoms with Crippen LogP contribution in [0.3, 0.4) is 0 Å². The maximum atomic E-state index is 4.64. The molecule has 0 N–H and O–H groups in total. The normalized spacial score (nSPS) is 9.90. The number of aromatic nitrogens is 8. The molecule has 21 rings (SSSR count). The van der Waals surface area contributed by atoms with Gasteiger partial charge in [-0.2, -0.15) is 0 Å². The smallest absolute Gasteiger partial charge is 0.0242 e. The van der Waals surface area contributed by atoms with Crippen molar-refractivity contribution in [2.24, 2.45) is 0 Å². The number of nitrogens with zero attached hydrogens (tertiary/aromatic N) is 8. The standard InChI is InChI=1S/2C20H18N.C18H14N.2C17H12N.C12H10N.2C11H8N.5Ir/c1-14-9-15(2)11-18(10-14)20-12-16(3)19(13-21-20)17-7-5-4-6-8-17;1-15(2)17-11-12-21-20(14-17)19-10-6-9-18(13-19)16-7-4-3-5-8-16;1-14-6-4-7-15(12-14)16-8-5-9-17(13-16)18-10-2-3-11-19-18;1-2-7-14(8-3-1)15-9-6-10-16(13-15)17-11-4-5-12-18-17;1-2-6-14(7-3-1)15-9-11-16(12-10-15)17-8-4-5-13-18-17;1-10-6-5-9-13-12(10)11-7-3-2-4-8-11;2*1-2-6-10(7-3-1)11-8-4-5-9-12-11;;;;;/h4-10,12-13H,1-3H3;3-9,11-15H,1-2H3;2-8,10-13H,1H3;1-9,11-13H;1-11,13H;2-7,9H,1H3;2*1-6,8-9H;;;;;/q8*-1;;;;;. The van der Waals surface area contributed by atoms with Crippen molar-refractivity contribution < 1.29 is 101 Å². The molecule has 5 radical (unpaired) electrons. The zero-order valence-electron chi connectivity index (χ0n) is 77.9. The van der Waals surface area contributed by atoms with Crippen LogP contribution in [-0.4, -0.2) is 39.9 Å². The van der Waals surface area contributed by atoms with E-state index in [0.29, 0.717) is 5.92 Å². The van der Waals surface area contributed by atoms with Gasteiger partial charge in [-0.3, -0.25) is 0 Å². The van der Waals surface area contributed by atoms with E-state index in [-0.39, 0.29) is 101 Å². The molecule has 697 valence electrons. The molecule has 13 heteroatoms. The van der Waals surface area contributed by atoms with Crippen LogP contribution < -0.4 is 0 Å². The molecule has 0 atom stereocenters. The number of rotatable bonds is 14. The van der Waals surface area contributed by atoms with E-state index in [1.165, 1.54) is 83.5 Å². The topological polar surface area (TPSA) is 103 Å². The van der Waals surface area contributed by atoms with Gasteiger partial charge in [0.1, 0.15) is 0 Å². The van der Waals surface area contributed by atoms with E-state index >= 15 is 0 Å². The van der Waals surface area contributed by atoms with E-state index in [4.69, 9.17) is 0 Å². The first-order valence-electron chi connectivity index (χ1n) is 44.6. The molecule has 0 aliphatic heterocycles. The maximum Gasteiger partial charge on any atom is 0.0242 e. The Balaban J connectivity index is 0.000000178. The molecule has 0 fully saturated rings. The van der Waals surface area contributed by atoms with Crippen molar-refractivity contribution in [2.45, 2.75) is 54.4 Å². The Labute approximate surface area is 888 Å². The van der Waals surface area contributed by atoms with Crippen LogP contribution in [0, 0.1) is 83.1 Å². The minimum atomic E-state index is 0. The van der Waals surface area contributed by atoms with Crippen LogP contribution >= 0.6 is 0 Å². The number of pyridine rings is 8. The van der Waals surface area contributed by atoms with Crippen LogP contribution in [-0.2, 0) is 101 Å². The minimum absolute atomic E-state index is 0. The number of aryl methyl sites for hydroxylation is 5. The number of benzene rings is 13. The molecule has 0 saturated carbocycles. The molecule has 0 unspecified atom stereocenters. The molecule has 0 aliphatic rings. The Hall–Kier alpha value is -13.7. The van der Waals surface area contributed by atoms with Gasteiger partial charge in [0.2, 0.25) is 0 Å². The molecule has 21 aromatic rings. The molecule has 0 bridgehead atoms. The van der Waals surface area contributed by atoms with E-state index in [9.17, 15) is 0 Å². The quantitative estimate of drug-likeness (QED) is 0.0992. The number of hydrogen-bond acceptors (Lipinski definition) is 8. The summed E-state index contributed by atoms with van der Waals surface area (Å²) in [5, 5.41) is 0. The largest absolute Gasteiger partial charge is 0.305 e. The summed E-state index contributed by atoms with van der Waals surface area (Å²) in [6.07, 6.45) is 14.6. The van der Waals surface area contributed by atoms with Crippen molar-refractivity contribution in [3.8, 4) is 146 Å². The predicted molar refractivity (Wildman–Crippen MR) is 553 cm³/mol. The molecule has 0 aliphatic carbocycles. The van der Waals surface area contributed by atoms with Crippen molar-refractivity contribution >= 4 is 0 Å². The fourth-order valence-electron chi connectivity index (χ4n) is 14.5. The van der Waals surface area contributed by atoms with Gasteiger partial charge in [0, 0.05) is 156 Å². The molecule has 8 heterocycles. The molecule has 0 spiro atoms. The van der Waals surface area contributed by atoms with Crippen LogP contribution in [0.2, 0.25) is 0 Å². The molecule has 0 saturated heterocycles. The van der Waals surface area contributed by atoms with Gasteiger partial charge in [-0.1, -0.05) is 280 Å². The van der Waals surface area contributed by atoms with Gasteiger partial charge < -0.3 is 39.9 Å². The summed E-state index contributed by atoms with van der Waals surface area (Å²) in [4.78, 5) is 34.9. The second kappa shape index (κ2) is 58.8. The molecule has 13 aromatic carbocycles. The third-order valence-corrected chi connectivity index (χ3v) is 21.3. The van der Waals surface area contributed by atoms with Crippen LogP contribution in [0.1, 0.15) is 53.1 Å². The van der Waals surface area contributed by atoms with Gasteiger partial charge in [-0.05, 0) is 143 Å². The van der Waals surface area contributed by atoms with Crippen molar-refractivity contribution in [3.05, 3.63) is 556 Å². The molecule has 0 amide bonds. The average molecular weight is 2690 g/mol. The van der Waals surface area contributed by atoms with Crippen molar-refractivity contribution in [1.29, 1.82) is 0 Å². The Morgan fingerprint density at radius 2 is 0.583 bits per heavy atom. The van der Waals surface area contributed by atoms with Crippen LogP contribution in [0.4, 0.5) is 0 Å². The van der Waals surface area contributed by atoms with Gasteiger partial charge in [0.05, 0.1) is 0 Å². The van der Waals surface area contributed by atoms with E-state index in [2.05, 4.69) is 319 Å². The zero-order chi connectivity index (χ0) is 92.5. The SMILES string of the molecule is CC(C)c1ccnc(-c2[c-]ccc(-c3ccccc3)c2)c1.Cc1[c-]c(-c2cc(C)c(-c3ccccc3)cn2)cc(C)c1.Cc1cccc(-c2cc[c-]c(-c3ccccn3)c2)c1.Cc1cccnc1-c1[c-]cccc1.[Ir].[Ir].[Ir].[Ir].[Ir].[c-]1cc(-c2ccccc2)ccc1-c1ccccn1.[c-]1ccc(-c2ccccc2)cc1-c1ccccn1.[c-]1ccccc1-c1ccccn1.[c-]1ccccc1-c1ccccn1. The summed E-state index contributed by atoms with van der Waals surface area (Å²) in [6.45, 7) is 14.9. The molecule has 8 nitrogen and oxygen atoms in total. The monoisotopic (exact) mass is 2690 g/mol. The van der Waals surface area contributed by atoms with Gasteiger partial charge >= 0.3 is 0 Å². The Morgan fingerprint density at radius 3 is 0.986 bits per heavy atom. The van der Waals surface area contributed by atoms with Gasteiger partial charge in [-0.15, -0.1) is 279 Å². The first-order valence-corrected chi connectivity index (χ1v) is 44.6. The Bertz CT molecular complexity index is 6800. The fourth-order valence-corrected chi connectivity index (χ4v) is 14.5. The summed E-state index contributed by atoms with van der Waals surface area (Å²) in [5.74, 6) is 0.504. The van der Waals surface area contributed by atoms with Gasteiger partial charge in [0.25, 0.3) is 0 Å². The third kappa shape index (κ3) is 33.9. The average Bonchev–Trinajstić information content (AvgIpc) is 0.736. The van der Waals surface area contributed by atoms with Crippen molar-refractivity contribution in [2.75, 3.05) is 0 Å². The second-order valence-electron chi connectivity index (χ2n) is 31.6. The summed E-state index contributed by atoms with van der Waals surface area (Å²) in [6, 6.07) is 168. The van der Waals surface area contributed by atoms with Gasteiger partial charge in [0.15, 0.2) is 0 Å². The minimum Gasteiger partial charge on any atom is -0.305 e. The summed E-state index contributed by atoms with van der Waals surface area (Å²) in [7, 11) is 0. The first kappa shape index (κ1) is 109. The fraction of sp³-hybridized carbons (Fsp3) is 0.0635. The molecule has 8 aromatic heterocycles. The summed E-state index contributed by atoms with van der Waals surface area (Å²) < 4.78 is 0. The summed E-state index contributed by atoms with van der Waals surface area (Å²) in [5.41, 5.74) is 35.5. The molecular weight excluding hydrogens is 2590 g/mol. The third-order valence-electron chi connectivity index (χ3n) is 21.3. The van der Waals surface area contributed by atoms with Crippen LogP contribution in [0.25, 0.3) is 146 Å². The van der Waals surface area contributed by atoms with E-state index in [1.54, 1.807) is 24.8 Å². The maximum absolute atomic E-state index is 4.64. The zero-order valence-corrected chi connectivity index (χ0v) is 89.8. The second-order valence-corrected chi connectivity index (χ2v) is 31.6. The van der Waals surface area contributed by atoms with Crippen molar-refractivity contribution in [1.82, 2.24) is 39.9 Å². The van der Waals surface area contributed by atoms with E-state index in [0.717, 1.165) is 95.6 Å².